The molecule has 20 heavy (non-hydrogen) atoms. The van der Waals surface area contributed by atoms with Crippen LogP contribution in [0.2, 0.25) is 0 Å². The monoisotopic (exact) mass is 266 g/mol. The molecule has 5 nitrogen and oxygen atoms in total. The van der Waals surface area contributed by atoms with Crippen molar-refractivity contribution < 1.29 is 9.53 Å². The Hall–Kier alpha value is -2.82. The number of para-hydroxylation sites is 1. The topological polar surface area (TPSA) is 64.1 Å². The predicted octanol–water partition coefficient (Wildman–Crippen LogP) is 2.01. The SMILES string of the molecule is COc1cccc2c(=O)c3c([nH]c12)-c1cccn1C3=O. The molecule has 98 valence electrons. The summed E-state index contributed by atoms with van der Waals surface area (Å²) >= 11 is 0. The lowest BCUT2D eigenvalue weighted by atomic mass is 10.1. The molecule has 1 aromatic carbocycles. The Kier molecular flexibility index (Phi) is 1.99. The summed E-state index contributed by atoms with van der Waals surface area (Å²) in [6.45, 7) is 0. The fraction of sp³-hybridized carbons (Fsp3) is 0.0667. The first-order valence-corrected chi connectivity index (χ1v) is 6.18. The van der Waals surface area contributed by atoms with Crippen molar-refractivity contribution in [3.8, 4) is 17.1 Å². The van der Waals surface area contributed by atoms with E-state index in [9.17, 15) is 9.59 Å². The van der Waals surface area contributed by atoms with Crippen LogP contribution in [0.15, 0.2) is 41.3 Å². The van der Waals surface area contributed by atoms with Crippen LogP contribution in [0.25, 0.3) is 22.3 Å². The predicted molar refractivity (Wildman–Crippen MR) is 74.3 cm³/mol. The van der Waals surface area contributed by atoms with Gasteiger partial charge in [-0.25, -0.2) is 0 Å². The van der Waals surface area contributed by atoms with Crippen molar-refractivity contribution in [3.05, 3.63) is 52.3 Å². The number of pyridine rings is 1. The summed E-state index contributed by atoms with van der Waals surface area (Å²) < 4.78 is 6.76. The molecular weight excluding hydrogens is 256 g/mol. The number of hydrogen-bond acceptors (Lipinski definition) is 3. The third kappa shape index (κ3) is 1.17. The third-order valence-corrected chi connectivity index (χ3v) is 3.66. The number of ether oxygens (including phenoxy) is 1. The smallest absolute Gasteiger partial charge is 0.268 e. The van der Waals surface area contributed by atoms with Gasteiger partial charge in [0.05, 0.1) is 29.4 Å². The second-order valence-electron chi connectivity index (χ2n) is 4.66. The van der Waals surface area contributed by atoms with Gasteiger partial charge in [0.1, 0.15) is 11.3 Å². The lowest BCUT2D eigenvalue weighted by molar-refractivity contribution is 0.0968. The van der Waals surface area contributed by atoms with Gasteiger partial charge >= 0.3 is 0 Å². The molecule has 0 unspecified atom stereocenters. The third-order valence-electron chi connectivity index (χ3n) is 3.66. The molecule has 0 atom stereocenters. The molecule has 0 saturated heterocycles. The highest BCUT2D eigenvalue weighted by molar-refractivity contribution is 6.10. The molecule has 5 heteroatoms. The largest absolute Gasteiger partial charge is 0.495 e. The average Bonchev–Trinajstić information content (AvgIpc) is 3.03. The fourth-order valence-corrected chi connectivity index (χ4v) is 2.73. The van der Waals surface area contributed by atoms with E-state index in [0.29, 0.717) is 28.0 Å². The zero-order valence-electron chi connectivity index (χ0n) is 10.6. The Morgan fingerprint density at radius 3 is 2.80 bits per heavy atom. The van der Waals surface area contributed by atoms with Crippen LogP contribution in [0.1, 0.15) is 10.4 Å². The van der Waals surface area contributed by atoms with Crippen molar-refractivity contribution in [2.45, 2.75) is 0 Å². The number of nitrogens with one attached hydrogen (secondary N) is 1. The highest BCUT2D eigenvalue weighted by Crippen LogP contribution is 2.32. The summed E-state index contributed by atoms with van der Waals surface area (Å²) in [5, 5.41) is 0.460. The molecule has 2 aromatic heterocycles. The Bertz CT molecular complexity index is 934. The van der Waals surface area contributed by atoms with Crippen LogP contribution in [-0.2, 0) is 0 Å². The summed E-state index contributed by atoms with van der Waals surface area (Å²) in [6, 6.07) is 8.79. The normalized spacial score (nSPS) is 12.6. The number of carbonyl (C=O) groups is 1. The molecule has 3 aromatic rings. The van der Waals surface area contributed by atoms with Gasteiger partial charge in [0, 0.05) is 6.20 Å². The molecule has 0 spiro atoms. The maximum absolute atomic E-state index is 12.6. The Morgan fingerprint density at radius 2 is 2.00 bits per heavy atom. The fourth-order valence-electron chi connectivity index (χ4n) is 2.73. The number of fused-ring (bicyclic) bond motifs is 4. The summed E-state index contributed by atoms with van der Waals surface area (Å²) in [5.41, 5.74) is 1.81. The first-order valence-electron chi connectivity index (χ1n) is 6.18. The maximum atomic E-state index is 12.6. The number of rotatable bonds is 1. The Balaban J connectivity index is 2.21. The average molecular weight is 266 g/mol. The van der Waals surface area contributed by atoms with Crippen molar-refractivity contribution in [1.29, 1.82) is 0 Å². The van der Waals surface area contributed by atoms with Gasteiger partial charge in [-0.3, -0.25) is 14.2 Å². The van der Waals surface area contributed by atoms with Crippen LogP contribution >= 0.6 is 0 Å². The number of hydrogen-bond donors (Lipinski definition) is 1. The number of nitrogens with zero attached hydrogens (tertiary/aromatic N) is 1. The summed E-state index contributed by atoms with van der Waals surface area (Å²) in [5.74, 6) is 0.297. The van der Waals surface area contributed by atoms with Crippen molar-refractivity contribution in [2.75, 3.05) is 7.11 Å². The van der Waals surface area contributed by atoms with Gasteiger partial charge in [-0.2, -0.15) is 0 Å². The van der Waals surface area contributed by atoms with Crippen LogP contribution in [0.3, 0.4) is 0 Å². The first kappa shape index (κ1) is 11.0. The van der Waals surface area contributed by atoms with Crippen LogP contribution in [-0.4, -0.2) is 22.6 Å². The van der Waals surface area contributed by atoms with E-state index in [1.807, 2.05) is 0 Å². The minimum Gasteiger partial charge on any atom is -0.495 e. The molecule has 0 bridgehead atoms. The standard InChI is InChI=1S/C15H10N2O3/c1-20-10-6-2-4-8-12(10)16-13-9-5-3-7-17(9)15(19)11(13)14(8)18/h2-7H,1H3,(H,16,18). The molecule has 1 aliphatic heterocycles. The highest BCUT2D eigenvalue weighted by atomic mass is 16.5. The highest BCUT2D eigenvalue weighted by Gasteiger charge is 2.30. The molecule has 0 fully saturated rings. The molecule has 4 rings (SSSR count). The number of methoxy groups -OCH3 is 1. The van der Waals surface area contributed by atoms with Gasteiger partial charge < -0.3 is 9.72 Å². The zero-order chi connectivity index (χ0) is 13.9. The first-order chi connectivity index (χ1) is 9.72. The van der Waals surface area contributed by atoms with Crippen molar-refractivity contribution in [2.24, 2.45) is 0 Å². The number of aromatic nitrogens is 2. The van der Waals surface area contributed by atoms with Crippen molar-refractivity contribution >= 4 is 16.8 Å². The van der Waals surface area contributed by atoms with E-state index in [0.717, 1.165) is 0 Å². The van der Waals surface area contributed by atoms with E-state index in [2.05, 4.69) is 4.98 Å². The minimum atomic E-state index is -0.286. The molecule has 1 aliphatic rings. The second kappa shape index (κ2) is 3.60. The summed E-state index contributed by atoms with van der Waals surface area (Å²) in [4.78, 5) is 28.0. The zero-order valence-corrected chi connectivity index (χ0v) is 10.6. The van der Waals surface area contributed by atoms with Crippen LogP contribution in [0.5, 0.6) is 5.75 Å². The van der Waals surface area contributed by atoms with E-state index in [4.69, 9.17) is 4.74 Å². The molecule has 0 amide bonds. The molecule has 0 radical (unpaired) electrons. The van der Waals surface area contributed by atoms with Gasteiger partial charge in [0.25, 0.3) is 5.91 Å². The van der Waals surface area contributed by atoms with E-state index < -0.39 is 0 Å². The molecule has 1 N–H and O–H groups in total. The quantitative estimate of drug-likeness (QED) is 0.573. The van der Waals surface area contributed by atoms with Crippen LogP contribution in [0.4, 0.5) is 0 Å². The van der Waals surface area contributed by atoms with Crippen molar-refractivity contribution in [1.82, 2.24) is 9.55 Å². The molecule has 0 aliphatic carbocycles. The van der Waals surface area contributed by atoms with Crippen LogP contribution in [0, 0.1) is 0 Å². The van der Waals surface area contributed by atoms with Gasteiger partial charge in [0.15, 0.2) is 0 Å². The number of H-pyrrole nitrogens is 1. The van der Waals surface area contributed by atoms with Crippen LogP contribution < -0.4 is 10.2 Å². The Labute approximate surface area is 113 Å². The number of benzene rings is 1. The molecule has 0 saturated carbocycles. The molecular formula is C15H10N2O3. The van der Waals surface area contributed by atoms with Gasteiger partial charge in [0.2, 0.25) is 5.43 Å². The summed E-state index contributed by atoms with van der Waals surface area (Å²) in [6.07, 6.45) is 1.66. The van der Waals surface area contributed by atoms with Gasteiger partial charge in [-0.1, -0.05) is 6.07 Å². The number of aromatic amines is 1. The lowest BCUT2D eigenvalue weighted by Crippen LogP contribution is -2.17. The van der Waals surface area contributed by atoms with Gasteiger partial charge in [-0.05, 0) is 24.3 Å². The van der Waals surface area contributed by atoms with E-state index in [-0.39, 0.29) is 16.9 Å². The number of carbonyl (C=O) groups excluding carboxylic acids is 1. The summed E-state index contributed by atoms with van der Waals surface area (Å²) in [7, 11) is 1.55. The molecule has 3 heterocycles. The van der Waals surface area contributed by atoms with E-state index >= 15 is 0 Å². The van der Waals surface area contributed by atoms with E-state index in [1.54, 1.807) is 43.6 Å². The lowest BCUT2D eigenvalue weighted by Gasteiger charge is -2.07. The van der Waals surface area contributed by atoms with E-state index in [1.165, 1.54) is 4.57 Å². The maximum Gasteiger partial charge on any atom is 0.268 e. The van der Waals surface area contributed by atoms with Gasteiger partial charge in [-0.15, -0.1) is 0 Å². The second-order valence-corrected chi connectivity index (χ2v) is 4.66. The van der Waals surface area contributed by atoms with Crippen molar-refractivity contribution in [3.63, 3.8) is 0 Å². The minimum absolute atomic E-state index is 0.196. The Morgan fingerprint density at radius 1 is 1.15 bits per heavy atom.